The zero-order valence-corrected chi connectivity index (χ0v) is 15.5. The van der Waals surface area contributed by atoms with E-state index in [1.165, 1.54) is 0 Å². The molecule has 1 aromatic rings. The molecule has 4 amide bonds. The Hall–Kier alpha value is -2.37. The number of nitrogens with one attached hydrogen (secondary N) is 2. The van der Waals surface area contributed by atoms with Gasteiger partial charge in [0.15, 0.2) is 0 Å². The van der Waals surface area contributed by atoms with Crippen LogP contribution in [0.3, 0.4) is 0 Å². The highest BCUT2D eigenvalue weighted by molar-refractivity contribution is 6.09. The molecule has 1 heterocycles. The van der Waals surface area contributed by atoms with Crippen LogP contribution in [0.1, 0.15) is 51.5 Å². The Morgan fingerprint density at radius 2 is 1.85 bits per heavy atom. The summed E-state index contributed by atoms with van der Waals surface area (Å²) in [6.07, 6.45) is 4.54. The average molecular weight is 357 g/mol. The van der Waals surface area contributed by atoms with Gasteiger partial charge in [0.1, 0.15) is 12.1 Å². The van der Waals surface area contributed by atoms with Gasteiger partial charge in [-0.25, -0.2) is 4.79 Å². The fourth-order valence-electron chi connectivity index (χ4n) is 3.95. The Morgan fingerprint density at radius 1 is 1.19 bits per heavy atom. The van der Waals surface area contributed by atoms with Gasteiger partial charge in [-0.05, 0) is 43.6 Å². The summed E-state index contributed by atoms with van der Waals surface area (Å²) >= 11 is 0. The maximum absolute atomic E-state index is 13.0. The number of benzene rings is 1. The molecule has 1 atom stereocenters. The fraction of sp³-hybridized carbons (Fsp3) is 0.550. The van der Waals surface area contributed by atoms with E-state index in [2.05, 4.69) is 17.6 Å². The van der Waals surface area contributed by atoms with E-state index in [0.717, 1.165) is 36.1 Å². The van der Waals surface area contributed by atoms with E-state index >= 15 is 0 Å². The van der Waals surface area contributed by atoms with Crippen LogP contribution in [0.25, 0.3) is 0 Å². The van der Waals surface area contributed by atoms with Gasteiger partial charge in [0.05, 0.1) is 0 Å². The summed E-state index contributed by atoms with van der Waals surface area (Å²) in [6, 6.07) is 8.84. The van der Waals surface area contributed by atoms with Crippen LogP contribution in [0.2, 0.25) is 0 Å². The first-order chi connectivity index (χ1) is 12.5. The van der Waals surface area contributed by atoms with Crippen molar-refractivity contribution in [3.05, 3.63) is 35.9 Å². The highest BCUT2D eigenvalue weighted by atomic mass is 16.2. The van der Waals surface area contributed by atoms with Crippen molar-refractivity contribution >= 4 is 17.8 Å². The van der Waals surface area contributed by atoms with Crippen molar-refractivity contribution in [2.24, 2.45) is 5.92 Å². The standard InChI is InChI=1S/C20H27N3O3/c1-3-20(15-7-5-4-6-8-15)18(25)23(19(26)22-20)13-17(24)21-16-11-9-14(2)10-12-16/h4-8,14,16H,3,9-13H2,1-2H3,(H,21,24)(H,22,26). The molecular formula is C20H27N3O3. The topological polar surface area (TPSA) is 78.5 Å². The highest BCUT2D eigenvalue weighted by Gasteiger charge is 2.51. The molecule has 1 unspecified atom stereocenters. The largest absolute Gasteiger partial charge is 0.352 e. The maximum atomic E-state index is 13.0. The average Bonchev–Trinajstić information content (AvgIpc) is 2.89. The highest BCUT2D eigenvalue weighted by Crippen LogP contribution is 2.32. The lowest BCUT2D eigenvalue weighted by molar-refractivity contribution is -0.135. The minimum atomic E-state index is -1.08. The summed E-state index contributed by atoms with van der Waals surface area (Å²) in [5.74, 6) is 0.0711. The second kappa shape index (κ2) is 7.48. The van der Waals surface area contributed by atoms with Crippen LogP contribution >= 0.6 is 0 Å². The second-order valence-electron chi connectivity index (χ2n) is 7.47. The van der Waals surface area contributed by atoms with Gasteiger partial charge in [-0.2, -0.15) is 0 Å². The molecule has 140 valence electrons. The minimum Gasteiger partial charge on any atom is -0.352 e. The van der Waals surface area contributed by atoms with Gasteiger partial charge in [-0.15, -0.1) is 0 Å². The molecule has 2 aliphatic rings. The summed E-state index contributed by atoms with van der Waals surface area (Å²) in [7, 11) is 0. The maximum Gasteiger partial charge on any atom is 0.325 e. The Balaban J connectivity index is 1.68. The molecule has 26 heavy (non-hydrogen) atoms. The van der Waals surface area contributed by atoms with E-state index in [-0.39, 0.29) is 24.4 Å². The SMILES string of the molecule is CCC1(c2ccccc2)NC(=O)N(CC(=O)NC2CCC(C)CC2)C1=O. The fourth-order valence-corrected chi connectivity index (χ4v) is 3.95. The second-order valence-corrected chi connectivity index (χ2v) is 7.47. The van der Waals surface area contributed by atoms with Crippen molar-refractivity contribution in [3.8, 4) is 0 Å². The van der Waals surface area contributed by atoms with Crippen molar-refractivity contribution in [3.63, 3.8) is 0 Å². The van der Waals surface area contributed by atoms with Crippen molar-refractivity contribution in [1.82, 2.24) is 15.5 Å². The van der Waals surface area contributed by atoms with Gasteiger partial charge < -0.3 is 10.6 Å². The van der Waals surface area contributed by atoms with Crippen molar-refractivity contribution in [2.75, 3.05) is 6.54 Å². The lowest BCUT2D eigenvalue weighted by Gasteiger charge is -2.28. The van der Waals surface area contributed by atoms with Crippen molar-refractivity contribution in [2.45, 2.75) is 57.5 Å². The Kier molecular flexibility index (Phi) is 5.30. The number of carbonyl (C=O) groups excluding carboxylic acids is 3. The third-order valence-corrected chi connectivity index (χ3v) is 5.66. The van der Waals surface area contributed by atoms with Gasteiger partial charge in [0, 0.05) is 6.04 Å². The molecule has 6 nitrogen and oxygen atoms in total. The molecule has 6 heteroatoms. The lowest BCUT2D eigenvalue weighted by atomic mass is 9.87. The van der Waals surface area contributed by atoms with Crippen LogP contribution < -0.4 is 10.6 Å². The Labute approximate surface area is 154 Å². The molecule has 1 saturated heterocycles. The molecule has 0 spiro atoms. The van der Waals surface area contributed by atoms with Crippen molar-refractivity contribution < 1.29 is 14.4 Å². The summed E-state index contributed by atoms with van der Waals surface area (Å²) in [6.45, 7) is 3.85. The van der Waals surface area contributed by atoms with Crippen LogP contribution in [-0.4, -0.2) is 35.3 Å². The van der Waals surface area contributed by atoms with Gasteiger partial charge in [0.25, 0.3) is 5.91 Å². The van der Waals surface area contributed by atoms with Crippen LogP contribution in [0.5, 0.6) is 0 Å². The minimum absolute atomic E-state index is 0.143. The van der Waals surface area contributed by atoms with E-state index in [9.17, 15) is 14.4 Å². The number of urea groups is 1. The Bertz CT molecular complexity index is 683. The molecule has 3 rings (SSSR count). The predicted octanol–water partition coefficient (Wildman–Crippen LogP) is 2.54. The molecule has 1 aliphatic heterocycles. The number of amides is 4. The zero-order valence-electron chi connectivity index (χ0n) is 15.5. The molecule has 1 saturated carbocycles. The van der Waals surface area contributed by atoms with Gasteiger partial charge >= 0.3 is 6.03 Å². The molecule has 0 bridgehead atoms. The summed E-state index contributed by atoms with van der Waals surface area (Å²) in [5.41, 5.74) is -0.344. The number of rotatable bonds is 5. The first-order valence-corrected chi connectivity index (χ1v) is 9.45. The van der Waals surface area contributed by atoms with E-state index in [0.29, 0.717) is 12.3 Å². The number of imide groups is 1. The first kappa shape index (κ1) is 18.4. The Morgan fingerprint density at radius 3 is 2.46 bits per heavy atom. The molecule has 2 N–H and O–H groups in total. The predicted molar refractivity (Wildman–Crippen MR) is 98.2 cm³/mol. The van der Waals surface area contributed by atoms with Gasteiger partial charge in [-0.1, -0.05) is 44.2 Å². The lowest BCUT2D eigenvalue weighted by Crippen LogP contribution is -2.46. The van der Waals surface area contributed by atoms with Crippen LogP contribution in [0, 0.1) is 5.92 Å². The summed E-state index contributed by atoms with van der Waals surface area (Å²) in [5, 5.41) is 5.79. The number of carbonyl (C=O) groups is 3. The van der Waals surface area contributed by atoms with Crippen LogP contribution in [0.15, 0.2) is 30.3 Å². The van der Waals surface area contributed by atoms with Gasteiger partial charge in [0.2, 0.25) is 5.91 Å². The third kappa shape index (κ3) is 3.45. The summed E-state index contributed by atoms with van der Waals surface area (Å²) < 4.78 is 0. The van der Waals surface area contributed by atoms with Gasteiger partial charge in [-0.3, -0.25) is 14.5 Å². The number of hydrogen-bond donors (Lipinski definition) is 2. The van der Waals surface area contributed by atoms with Crippen molar-refractivity contribution in [1.29, 1.82) is 0 Å². The molecule has 0 radical (unpaired) electrons. The van der Waals surface area contributed by atoms with Crippen LogP contribution in [0.4, 0.5) is 4.79 Å². The van der Waals surface area contributed by atoms with E-state index in [1.807, 2.05) is 37.3 Å². The molecular weight excluding hydrogens is 330 g/mol. The van der Waals surface area contributed by atoms with Crippen LogP contribution in [-0.2, 0) is 15.1 Å². The van der Waals surface area contributed by atoms with E-state index in [4.69, 9.17) is 0 Å². The molecule has 2 fully saturated rings. The first-order valence-electron chi connectivity index (χ1n) is 9.45. The monoisotopic (exact) mass is 357 g/mol. The zero-order chi connectivity index (χ0) is 18.7. The third-order valence-electron chi connectivity index (χ3n) is 5.66. The summed E-state index contributed by atoms with van der Waals surface area (Å²) in [4.78, 5) is 38.8. The molecule has 1 aromatic carbocycles. The normalized spacial score (nSPS) is 28.8. The quantitative estimate of drug-likeness (QED) is 0.795. The van der Waals surface area contributed by atoms with E-state index < -0.39 is 11.6 Å². The number of nitrogens with zero attached hydrogens (tertiary/aromatic N) is 1. The van der Waals surface area contributed by atoms with E-state index in [1.54, 1.807) is 0 Å². The molecule has 0 aromatic heterocycles. The molecule has 1 aliphatic carbocycles. The smallest absolute Gasteiger partial charge is 0.325 e. The number of hydrogen-bond acceptors (Lipinski definition) is 3.